The van der Waals surface area contributed by atoms with Gasteiger partial charge in [-0.25, -0.2) is 15.2 Å². The lowest BCUT2D eigenvalue weighted by Gasteiger charge is -2.07. The van der Waals surface area contributed by atoms with Gasteiger partial charge in [-0.15, -0.1) is 0 Å². The van der Waals surface area contributed by atoms with Crippen molar-refractivity contribution in [3.63, 3.8) is 0 Å². The van der Waals surface area contributed by atoms with E-state index in [1.165, 1.54) is 24.4 Å². The first kappa shape index (κ1) is 14.2. The first-order chi connectivity index (χ1) is 9.60. The molecule has 0 atom stereocenters. The van der Waals surface area contributed by atoms with Gasteiger partial charge in [-0.3, -0.25) is 4.79 Å². The van der Waals surface area contributed by atoms with Crippen LogP contribution in [0, 0.1) is 5.82 Å². The van der Waals surface area contributed by atoms with E-state index in [-0.39, 0.29) is 23.3 Å². The number of hydrazine groups is 1. The summed E-state index contributed by atoms with van der Waals surface area (Å²) in [6.45, 7) is 0.285. The van der Waals surface area contributed by atoms with Crippen molar-refractivity contribution in [2.75, 3.05) is 5.43 Å². The van der Waals surface area contributed by atoms with Gasteiger partial charge in [0.2, 0.25) is 0 Å². The number of nitrogen functional groups attached to an aromatic ring is 1. The second-order valence-electron chi connectivity index (χ2n) is 4.01. The van der Waals surface area contributed by atoms with E-state index in [9.17, 15) is 9.18 Å². The number of carbonyl (C=O) groups is 1. The summed E-state index contributed by atoms with van der Waals surface area (Å²) in [5.41, 5.74) is 3.42. The molecule has 0 saturated carbocycles. The minimum absolute atomic E-state index is 0.252. The van der Waals surface area contributed by atoms with Crippen molar-refractivity contribution in [2.24, 2.45) is 5.84 Å². The van der Waals surface area contributed by atoms with Crippen LogP contribution in [0.25, 0.3) is 0 Å². The molecule has 1 aromatic carbocycles. The summed E-state index contributed by atoms with van der Waals surface area (Å²) in [6, 6.07) is 7.33. The van der Waals surface area contributed by atoms with Crippen LogP contribution < -0.4 is 16.6 Å². The Hall–Kier alpha value is -2.18. The topological polar surface area (TPSA) is 80.0 Å². The Kier molecular flexibility index (Phi) is 4.49. The maximum atomic E-state index is 12.7. The van der Waals surface area contributed by atoms with E-state index in [0.29, 0.717) is 11.4 Å². The number of carbonyl (C=O) groups excluding carboxylic acids is 1. The molecule has 7 heteroatoms. The monoisotopic (exact) mass is 294 g/mol. The number of rotatable bonds is 4. The van der Waals surface area contributed by atoms with Crippen LogP contribution in [-0.4, -0.2) is 10.9 Å². The van der Waals surface area contributed by atoms with Crippen molar-refractivity contribution >= 4 is 23.3 Å². The summed E-state index contributed by atoms with van der Waals surface area (Å²) in [5.74, 6) is 4.84. The zero-order valence-corrected chi connectivity index (χ0v) is 11.1. The lowest BCUT2D eigenvalue weighted by Crippen LogP contribution is -2.23. The summed E-state index contributed by atoms with van der Waals surface area (Å²) in [6.07, 6.45) is 1.36. The van der Waals surface area contributed by atoms with Crippen LogP contribution >= 0.6 is 11.6 Å². The molecule has 5 nitrogen and oxygen atoms in total. The van der Waals surface area contributed by atoms with Crippen LogP contribution in [0.2, 0.25) is 5.02 Å². The molecule has 0 aliphatic heterocycles. The van der Waals surface area contributed by atoms with Gasteiger partial charge in [-0.2, -0.15) is 0 Å². The van der Waals surface area contributed by atoms with Gasteiger partial charge in [0.05, 0.1) is 10.6 Å². The lowest BCUT2D eigenvalue weighted by atomic mass is 10.2. The van der Waals surface area contributed by atoms with Crippen LogP contribution in [0.1, 0.15) is 15.9 Å². The lowest BCUT2D eigenvalue weighted by molar-refractivity contribution is 0.0950. The highest BCUT2D eigenvalue weighted by molar-refractivity contribution is 6.33. The smallest absolute Gasteiger partial charge is 0.253 e. The van der Waals surface area contributed by atoms with Crippen LogP contribution in [0.4, 0.5) is 10.2 Å². The largest absolute Gasteiger partial charge is 0.348 e. The second kappa shape index (κ2) is 6.31. The molecule has 2 rings (SSSR count). The Balaban J connectivity index is 2.01. The molecule has 0 aliphatic carbocycles. The fourth-order valence-electron chi connectivity index (χ4n) is 1.55. The van der Waals surface area contributed by atoms with Gasteiger partial charge >= 0.3 is 0 Å². The first-order valence-electron chi connectivity index (χ1n) is 5.75. The van der Waals surface area contributed by atoms with Crippen LogP contribution in [0.15, 0.2) is 36.5 Å². The average Bonchev–Trinajstić information content (AvgIpc) is 2.46. The van der Waals surface area contributed by atoms with E-state index in [1.54, 1.807) is 12.1 Å². The Bertz CT molecular complexity index is 618. The number of aromatic nitrogens is 1. The van der Waals surface area contributed by atoms with Crippen molar-refractivity contribution < 1.29 is 9.18 Å². The van der Waals surface area contributed by atoms with Crippen molar-refractivity contribution in [3.8, 4) is 0 Å². The number of anilines is 1. The molecule has 0 fully saturated rings. The minimum Gasteiger partial charge on any atom is -0.348 e. The zero-order valence-electron chi connectivity index (χ0n) is 10.4. The molecule has 104 valence electrons. The molecular weight excluding hydrogens is 283 g/mol. The van der Waals surface area contributed by atoms with Gasteiger partial charge in [0.1, 0.15) is 5.82 Å². The van der Waals surface area contributed by atoms with Crippen molar-refractivity contribution in [1.29, 1.82) is 0 Å². The number of pyridine rings is 1. The maximum absolute atomic E-state index is 12.7. The highest BCUT2D eigenvalue weighted by Crippen LogP contribution is 2.18. The molecule has 0 bridgehead atoms. The van der Waals surface area contributed by atoms with Gasteiger partial charge in [-0.05, 0) is 23.8 Å². The minimum atomic E-state index is -0.327. The molecule has 1 heterocycles. The van der Waals surface area contributed by atoms with E-state index in [4.69, 9.17) is 17.4 Å². The number of hydrogen-bond donors (Lipinski definition) is 3. The fourth-order valence-corrected chi connectivity index (χ4v) is 1.78. The molecule has 4 N–H and O–H groups in total. The van der Waals surface area contributed by atoms with Crippen molar-refractivity contribution in [1.82, 2.24) is 10.3 Å². The summed E-state index contributed by atoms with van der Waals surface area (Å²) >= 11 is 5.88. The standard InChI is InChI=1S/C13H12ClFN4O/c14-11-5-9(7-17-12(11)19-16)13(20)18-6-8-1-3-10(15)4-2-8/h1-5,7H,6,16H2,(H,17,19)(H,18,20). The highest BCUT2D eigenvalue weighted by Gasteiger charge is 2.09. The summed E-state index contributed by atoms with van der Waals surface area (Å²) in [7, 11) is 0. The second-order valence-corrected chi connectivity index (χ2v) is 4.42. The average molecular weight is 295 g/mol. The third-order valence-corrected chi connectivity index (χ3v) is 2.89. The number of nitrogens with two attached hydrogens (primary N) is 1. The zero-order chi connectivity index (χ0) is 14.5. The predicted molar refractivity (Wildman–Crippen MR) is 74.6 cm³/mol. The van der Waals surface area contributed by atoms with Gasteiger partial charge in [0.15, 0.2) is 5.82 Å². The van der Waals surface area contributed by atoms with Crippen molar-refractivity contribution in [2.45, 2.75) is 6.54 Å². The molecule has 0 unspecified atom stereocenters. The number of halogens is 2. The molecule has 1 amide bonds. The van der Waals surface area contributed by atoms with E-state index in [0.717, 1.165) is 5.56 Å². The number of benzene rings is 1. The van der Waals surface area contributed by atoms with Crippen LogP contribution in [0.3, 0.4) is 0 Å². The Morgan fingerprint density at radius 1 is 1.35 bits per heavy atom. The van der Waals surface area contributed by atoms with Gasteiger partial charge in [0, 0.05) is 12.7 Å². The van der Waals surface area contributed by atoms with Gasteiger partial charge in [-0.1, -0.05) is 23.7 Å². The molecule has 0 spiro atoms. The molecule has 2 aromatic rings. The third-order valence-electron chi connectivity index (χ3n) is 2.61. The molecule has 1 aromatic heterocycles. The molecule has 0 saturated heterocycles. The summed E-state index contributed by atoms with van der Waals surface area (Å²) < 4.78 is 12.7. The molecular formula is C13H12ClFN4O. The van der Waals surface area contributed by atoms with E-state index >= 15 is 0 Å². The SMILES string of the molecule is NNc1ncc(C(=O)NCc2ccc(F)cc2)cc1Cl. The predicted octanol–water partition coefficient (Wildman–Crippen LogP) is 2.09. The normalized spacial score (nSPS) is 10.2. The Morgan fingerprint density at radius 3 is 2.65 bits per heavy atom. The highest BCUT2D eigenvalue weighted by atomic mass is 35.5. The molecule has 0 aliphatic rings. The van der Waals surface area contributed by atoms with Crippen LogP contribution in [0.5, 0.6) is 0 Å². The number of hydrogen-bond acceptors (Lipinski definition) is 4. The fraction of sp³-hybridized carbons (Fsp3) is 0.0769. The van der Waals surface area contributed by atoms with Gasteiger partial charge in [0.25, 0.3) is 5.91 Å². The van der Waals surface area contributed by atoms with E-state index in [2.05, 4.69) is 15.7 Å². The van der Waals surface area contributed by atoms with Crippen molar-refractivity contribution in [3.05, 3.63) is 58.5 Å². The number of nitrogens with one attached hydrogen (secondary N) is 2. The third kappa shape index (κ3) is 3.43. The summed E-state index contributed by atoms with van der Waals surface area (Å²) in [5, 5.41) is 2.94. The van der Waals surface area contributed by atoms with E-state index in [1.807, 2.05) is 0 Å². The van der Waals surface area contributed by atoms with Gasteiger partial charge < -0.3 is 10.7 Å². The number of amides is 1. The Labute approximate surface area is 119 Å². The molecule has 20 heavy (non-hydrogen) atoms. The maximum Gasteiger partial charge on any atom is 0.253 e. The van der Waals surface area contributed by atoms with Crippen LogP contribution in [-0.2, 0) is 6.54 Å². The molecule has 0 radical (unpaired) electrons. The Morgan fingerprint density at radius 2 is 2.05 bits per heavy atom. The first-order valence-corrected chi connectivity index (χ1v) is 6.13. The van der Waals surface area contributed by atoms with E-state index < -0.39 is 0 Å². The summed E-state index contributed by atoms with van der Waals surface area (Å²) in [4.78, 5) is 15.8. The quantitative estimate of drug-likeness (QED) is 0.596. The number of nitrogens with zero attached hydrogens (tertiary/aromatic N) is 1.